The first kappa shape index (κ1) is 18.2. The van der Waals surface area contributed by atoms with Gasteiger partial charge in [0.15, 0.2) is 0 Å². The lowest BCUT2D eigenvalue weighted by atomic mass is 10.3. The van der Waals surface area contributed by atoms with Crippen molar-refractivity contribution < 1.29 is 9.59 Å². The lowest BCUT2D eigenvalue weighted by molar-refractivity contribution is 0.201. The van der Waals surface area contributed by atoms with E-state index in [4.69, 9.17) is 0 Å². The Morgan fingerprint density at radius 2 is 1.65 bits per heavy atom. The summed E-state index contributed by atoms with van der Waals surface area (Å²) < 4.78 is 0. The van der Waals surface area contributed by atoms with E-state index in [0.29, 0.717) is 12.2 Å². The van der Waals surface area contributed by atoms with Crippen LogP contribution in [0.1, 0.15) is 0 Å². The summed E-state index contributed by atoms with van der Waals surface area (Å²) in [6, 6.07) is 8.11. The van der Waals surface area contributed by atoms with Gasteiger partial charge in [0.1, 0.15) is 0 Å². The van der Waals surface area contributed by atoms with Gasteiger partial charge >= 0.3 is 12.1 Å². The Bertz CT molecular complexity index is 426. The molecule has 112 valence electrons. The topological polar surface area (TPSA) is 64.7 Å². The first-order valence-corrected chi connectivity index (χ1v) is 6.03. The number of para-hydroxylation sites is 1. The number of carbonyl (C=O) groups excluding carboxylic acids is 2. The number of amides is 4. The van der Waals surface area contributed by atoms with Gasteiger partial charge in [-0.3, -0.25) is 0 Å². The van der Waals surface area contributed by atoms with E-state index in [2.05, 4.69) is 10.6 Å². The van der Waals surface area contributed by atoms with Crippen LogP contribution in [0, 0.1) is 0 Å². The zero-order valence-corrected chi connectivity index (χ0v) is 12.7. The van der Waals surface area contributed by atoms with Crippen LogP contribution in [0.25, 0.3) is 0 Å². The average molecular weight is 301 g/mol. The van der Waals surface area contributed by atoms with Gasteiger partial charge in [-0.05, 0) is 26.2 Å². The number of rotatable bonds is 4. The van der Waals surface area contributed by atoms with Gasteiger partial charge in [-0.2, -0.15) is 0 Å². The Balaban J connectivity index is 0.00000361. The van der Waals surface area contributed by atoms with Crippen LogP contribution in [0.5, 0.6) is 0 Å². The molecule has 7 heteroatoms. The van der Waals surface area contributed by atoms with E-state index in [1.54, 1.807) is 12.1 Å². The number of halogens is 1. The molecule has 4 amide bonds. The number of benzene rings is 1. The van der Waals surface area contributed by atoms with Crippen LogP contribution in [-0.2, 0) is 0 Å². The molecule has 0 saturated carbocycles. The predicted molar refractivity (Wildman–Crippen MR) is 82.4 cm³/mol. The van der Waals surface area contributed by atoms with Crippen LogP contribution >= 0.6 is 12.4 Å². The SMILES string of the molecule is CN(C)CCNC(=O)N(C)C(=O)Nc1ccccc1.Cl. The Hall–Kier alpha value is -1.79. The van der Waals surface area contributed by atoms with Gasteiger partial charge in [0.25, 0.3) is 0 Å². The Morgan fingerprint density at radius 1 is 1.05 bits per heavy atom. The Morgan fingerprint density at radius 3 is 2.20 bits per heavy atom. The predicted octanol–water partition coefficient (Wildman–Crippen LogP) is 1.84. The number of likely N-dealkylation sites (N-methyl/N-ethyl adjacent to an activating group) is 1. The maximum Gasteiger partial charge on any atom is 0.329 e. The number of carbonyl (C=O) groups is 2. The quantitative estimate of drug-likeness (QED) is 0.892. The summed E-state index contributed by atoms with van der Waals surface area (Å²) in [5.41, 5.74) is 0.653. The minimum atomic E-state index is -0.464. The third kappa shape index (κ3) is 6.40. The fourth-order valence-electron chi connectivity index (χ4n) is 1.33. The Kier molecular flexibility index (Phi) is 8.35. The van der Waals surface area contributed by atoms with Gasteiger partial charge in [0.05, 0.1) is 0 Å². The number of imide groups is 1. The smallest absolute Gasteiger partial charge is 0.329 e. The maximum absolute atomic E-state index is 11.8. The molecule has 0 aliphatic carbocycles. The molecule has 6 nitrogen and oxygen atoms in total. The van der Waals surface area contributed by atoms with Crippen molar-refractivity contribution in [3.8, 4) is 0 Å². The summed E-state index contributed by atoms with van der Waals surface area (Å²) >= 11 is 0. The summed E-state index contributed by atoms with van der Waals surface area (Å²) in [5.74, 6) is 0. The highest BCUT2D eigenvalue weighted by atomic mass is 35.5. The highest BCUT2D eigenvalue weighted by Gasteiger charge is 2.15. The van der Waals surface area contributed by atoms with E-state index in [9.17, 15) is 9.59 Å². The van der Waals surface area contributed by atoms with E-state index in [1.807, 2.05) is 37.2 Å². The van der Waals surface area contributed by atoms with Crippen molar-refractivity contribution in [2.75, 3.05) is 39.5 Å². The van der Waals surface area contributed by atoms with Gasteiger partial charge in [-0.1, -0.05) is 18.2 Å². The molecule has 0 fully saturated rings. The summed E-state index contributed by atoms with van der Waals surface area (Å²) in [6.45, 7) is 1.22. The number of urea groups is 2. The molecule has 0 aromatic heterocycles. The molecule has 0 bridgehead atoms. The summed E-state index contributed by atoms with van der Waals surface area (Å²) in [7, 11) is 5.26. The maximum atomic E-state index is 11.8. The average Bonchev–Trinajstić information content (AvgIpc) is 2.38. The second-order valence-corrected chi connectivity index (χ2v) is 4.39. The van der Waals surface area contributed by atoms with Crippen molar-refractivity contribution >= 4 is 30.2 Å². The molecule has 2 N–H and O–H groups in total. The summed E-state index contributed by atoms with van der Waals surface area (Å²) in [6.07, 6.45) is 0. The third-order valence-corrected chi connectivity index (χ3v) is 2.47. The van der Waals surface area contributed by atoms with Gasteiger partial charge in [0.2, 0.25) is 0 Å². The standard InChI is InChI=1S/C13H20N4O2.ClH/c1-16(2)10-9-14-12(18)17(3)13(19)15-11-7-5-4-6-8-11;/h4-8H,9-10H2,1-3H3,(H,14,18)(H,15,19);1H. The highest BCUT2D eigenvalue weighted by molar-refractivity contribution is 6.00. The number of nitrogens with one attached hydrogen (secondary N) is 2. The minimum Gasteiger partial charge on any atom is -0.336 e. The minimum absolute atomic E-state index is 0. The monoisotopic (exact) mass is 300 g/mol. The lowest BCUT2D eigenvalue weighted by Crippen LogP contribution is -2.44. The second kappa shape index (κ2) is 9.17. The van der Waals surface area contributed by atoms with E-state index < -0.39 is 12.1 Å². The van der Waals surface area contributed by atoms with Crippen molar-refractivity contribution in [3.63, 3.8) is 0 Å². The van der Waals surface area contributed by atoms with Crippen LogP contribution in [0.3, 0.4) is 0 Å². The summed E-state index contributed by atoms with van der Waals surface area (Å²) in [4.78, 5) is 26.5. The van der Waals surface area contributed by atoms with E-state index >= 15 is 0 Å². The van der Waals surface area contributed by atoms with Crippen molar-refractivity contribution in [1.82, 2.24) is 15.1 Å². The fraction of sp³-hybridized carbons (Fsp3) is 0.385. The lowest BCUT2D eigenvalue weighted by Gasteiger charge is -2.18. The van der Waals surface area contributed by atoms with Crippen LogP contribution < -0.4 is 10.6 Å². The molecule has 1 rings (SSSR count). The normalized spacial score (nSPS) is 9.60. The fourth-order valence-corrected chi connectivity index (χ4v) is 1.33. The van der Waals surface area contributed by atoms with E-state index in [0.717, 1.165) is 11.4 Å². The number of hydrogen-bond acceptors (Lipinski definition) is 3. The van der Waals surface area contributed by atoms with Gasteiger partial charge < -0.3 is 15.5 Å². The van der Waals surface area contributed by atoms with Crippen LogP contribution in [0.2, 0.25) is 0 Å². The van der Waals surface area contributed by atoms with E-state index in [1.165, 1.54) is 7.05 Å². The molecule has 0 aliphatic heterocycles. The molecule has 1 aromatic rings. The van der Waals surface area contributed by atoms with Crippen molar-refractivity contribution in [2.24, 2.45) is 0 Å². The molecule has 0 unspecified atom stereocenters. The molecular weight excluding hydrogens is 280 g/mol. The first-order valence-electron chi connectivity index (χ1n) is 6.03. The second-order valence-electron chi connectivity index (χ2n) is 4.39. The zero-order valence-electron chi connectivity index (χ0n) is 11.9. The largest absolute Gasteiger partial charge is 0.336 e. The van der Waals surface area contributed by atoms with Gasteiger partial charge in [0, 0.05) is 25.8 Å². The van der Waals surface area contributed by atoms with Crippen LogP contribution in [0.15, 0.2) is 30.3 Å². The molecule has 0 spiro atoms. The highest BCUT2D eigenvalue weighted by Crippen LogP contribution is 2.05. The summed E-state index contributed by atoms with van der Waals surface area (Å²) in [5, 5.41) is 5.30. The van der Waals surface area contributed by atoms with Crippen molar-refractivity contribution in [3.05, 3.63) is 30.3 Å². The van der Waals surface area contributed by atoms with E-state index in [-0.39, 0.29) is 12.4 Å². The van der Waals surface area contributed by atoms with Gasteiger partial charge in [-0.15, -0.1) is 12.4 Å². The van der Waals surface area contributed by atoms with Gasteiger partial charge in [-0.25, -0.2) is 14.5 Å². The first-order chi connectivity index (χ1) is 9.00. The third-order valence-electron chi connectivity index (χ3n) is 2.47. The number of hydrogen-bond donors (Lipinski definition) is 2. The van der Waals surface area contributed by atoms with Crippen LogP contribution in [0.4, 0.5) is 15.3 Å². The number of anilines is 1. The Labute approximate surface area is 125 Å². The molecular formula is C13H21ClN4O2. The molecule has 0 saturated heterocycles. The number of nitrogens with zero attached hydrogens (tertiary/aromatic N) is 2. The molecule has 0 heterocycles. The molecule has 0 atom stereocenters. The molecule has 20 heavy (non-hydrogen) atoms. The van der Waals surface area contributed by atoms with Crippen molar-refractivity contribution in [1.29, 1.82) is 0 Å². The molecule has 1 aromatic carbocycles. The molecule has 0 radical (unpaired) electrons. The van der Waals surface area contributed by atoms with Crippen LogP contribution in [-0.4, -0.2) is 56.1 Å². The zero-order chi connectivity index (χ0) is 14.3. The molecule has 0 aliphatic rings. The van der Waals surface area contributed by atoms with Crippen molar-refractivity contribution in [2.45, 2.75) is 0 Å².